The number of amides is 1. The molecule has 1 aromatic carbocycles. The molecule has 1 amide bonds. The topological polar surface area (TPSA) is 42.0 Å². The fraction of sp³-hybridized carbons (Fsp3) is 0.286. The second-order valence-corrected chi connectivity index (χ2v) is 5.83. The Morgan fingerprint density at radius 2 is 2.32 bits per heavy atom. The quantitative estimate of drug-likeness (QED) is 0.845. The van der Waals surface area contributed by atoms with Crippen LogP contribution in [0.5, 0.6) is 0 Å². The van der Waals surface area contributed by atoms with Gasteiger partial charge in [0.2, 0.25) is 5.91 Å². The standard InChI is InChI=1S/C14H14BrClN2O/c1-3-10(15)14(19)18-13-9-5-4-6-17-12(9)8(2)7-11(13)16/h4-7,10H,3H2,1-2H3,(H,18,19). The summed E-state index contributed by atoms with van der Waals surface area (Å²) in [6, 6.07) is 5.56. The molecule has 0 bridgehead atoms. The molecule has 2 aromatic rings. The number of carbonyl (C=O) groups excluding carboxylic acids is 1. The molecule has 0 radical (unpaired) electrons. The van der Waals surface area contributed by atoms with E-state index in [1.165, 1.54) is 0 Å². The molecule has 19 heavy (non-hydrogen) atoms. The van der Waals surface area contributed by atoms with Crippen molar-refractivity contribution in [2.45, 2.75) is 25.1 Å². The number of rotatable bonds is 3. The maximum absolute atomic E-state index is 12.0. The van der Waals surface area contributed by atoms with Crippen LogP contribution >= 0.6 is 27.5 Å². The number of hydrogen-bond donors (Lipinski definition) is 1. The summed E-state index contributed by atoms with van der Waals surface area (Å²) in [6.45, 7) is 3.89. The molecule has 3 nitrogen and oxygen atoms in total. The molecule has 5 heteroatoms. The van der Waals surface area contributed by atoms with Crippen molar-refractivity contribution >= 4 is 50.0 Å². The summed E-state index contributed by atoms with van der Waals surface area (Å²) in [5.74, 6) is -0.0987. The van der Waals surface area contributed by atoms with Crippen molar-refractivity contribution in [3.8, 4) is 0 Å². The minimum atomic E-state index is -0.225. The number of nitrogens with one attached hydrogen (secondary N) is 1. The molecule has 0 aliphatic heterocycles. The van der Waals surface area contributed by atoms with Gasteiger partial charge in [0.05, 0.1) is 21.1 Å². The van der Waals surface area contributed by atoms with E-state index >= 15 is 0 Å². The van der Waals surface area contributed by atoms with E-state index in [2.05, 4.69) is 26.2 Å². The normalized spacial score (nSPS) is 12.4. The van der Waals surface area contributed by atoms with Gasteiger partial charge in [-0.05, 0) is 37.1 Å². The zero-order chi connectivity index (χ0) is 14.0. The summed E-state index contributed by atoms with van der Waals surface area (Å²) >= 11 is 9.57. The third kappa shape index (κ3) is 2.90. The number of nitrogens with zero attached hydrogens (tertiary/aromatic N) is 1. The van der Waals surface area contributed by atoms with Gasteiger partial charge in [-0.2, -0.15) is 0 Å². The Balaban J connectivity index is 2.51. The lowest BCUT2D eigenvalue weighted by Crippen LogP contribution is -2.22. The van der Waals surface area contributed by atoms with Crippen molar-refractivity contribution in [1.82, 2.24) is 4.98 Å². The zero-order valence-electron chi connectivity index (χ0n) is 10.7. The van der Waals surface area contributed by atoms with Crippen molar-refractivity contribution in [2.75, 3.05) is 5.32 Å². The van der Waals surface area contributed by atoms with Gasteiger partial charge in [0.1, 0.15) is 0 Å². The largest absolute Gasteiger partial charge is 0.323 e. The SMILES string of the molecule is CCC(Br)C(=O)Nc1c(Cl)cc(C)c2ncccc12. The smallest absolute Gasteiger partial charge is 0.238 e. The summed E-state index contributed by atoms with van der Waals surface area (Å²) in [7, 11) is 0. The maximum atomic E-state index is 12.0. The fourth-order valence-corrected chi connectivity index (χ4v) is 2.32. The Hall–Kier alpha value is -1.13. The zero-order valence-corrected chi connectivity index (χ0v) is 13.0. The van der Waals surface area contributed by atoms with Crippen LogP contribution in [0.4, 0.5) is 5.69 Å². The molecule has 1 N–H and O–H groups in total. The van der Waals surface area contributed by atoms with Gasteiger partial charge in [-0.3, -0.25) is 9.78 Å². The summed E-state index contributed by atoms with van der Waals surface area (Å²) in [5, 5.41) is 4.26. The van der Waals surface area contributed by atoms with Crippen LogP contribution in [-0.4, -0.2) is 15.7 Å². The van der Waals surface area contributed by atoms with Crippen molar-refractivity contribution in [3.63, 3.8) is 0 Å². The minimum Gasteiger partial charge on any atom is -0.323 e. The molecule has 0 fully saturated rings. The Kier molecular flexibility index (Phi) is 4.42. The third-order valence-corrected chi connectivity index (χ3v) is 4.29. The number of alkyl halides is 1. The molecule has 1 aromatic heterocycles. The molecule has 0 saturated carbocycles. The first-order valence-corrected chi connectivity index (χ1v) is 7.32. The number of halogens is 2. The lowest BCUT2D eigenvalue weighted by molar-refractivity contribution is -0.115. The number of fused-ring (bicyclic) bond motifs is 1. The number of carbonyl (C=O) groups is 1. The number of benzene rings is 1. The van der Waals surface area contributed by atoms with Gasteiger partial charge in [0.25, 0.3) is 0 Å². The third-order valence-electron chi connectivity index (χ3n) is 2.92. The van der Waals surface area contributed by atoms with Crippen LogP contribution in [0.1, 0.15) is 18.9 Å². The Labute approximate surface area is 125 Å². The van der Waals surface area contributed by atoms with Gasteiger partial charge >= 0.3 is 0 Å². The highest BCUT2D eigenvalue weighted by Crippen LogP contribution is 2.33. The predicted octanol–water partition coefficient (Wildman–Crippen LogP) is 4.31. The second-order valence-electron chi connectivity index (χ2n) is 4.31. The summed E-state index contributed by atoms with van der Waals surface area (Å²) < 4.78 is 0. The molecule has 0 aliphatic carbocycles. The lowest BCUT2D eigenvalue weighted by Gasteiger charge is -2.14. The van der Waals surface area contributed by atoms with Crippen LogP contribution in [0.3, 0.4) is 0 Å². The van der Waals surface area contributed by atoms with E-state index in [-0.39, 0.29) is 10.7 Å². The fourth-order valence-electron chi connectivity index (χ4n) is 1.89. The first-order chi connectivity index (χ1) is 9.04. The molecule has 0 spiro atoms. The molecular formula is C14H14BrClN2O. The van der Waals surface area contributed by atoms with Crippen molar-refractivity contribution in [3.05, 3.63) is 35.0 Å². The second kappa shape index (κ2) is 5.88. The summed E-state index contributed by atoms with van der Waals surface area (Å²) in [6.07, 6.45) is 2.44. The molecule has 0 saturated heterocycles. The number of aryl methyl sites for hydroxylation is 1. The van der Waals surface area contributed by atoms with Crippen LogP contribution in [0, 0.1) is 6.92 Å². The van der Waals surface area contributed by atoms with Gasteiger partial charge in [0, 0.05) is 11.6 Å². The lowest BCUT2D eigenvalue weighted by atomic mass is 10.1. The Morgan fingerprint density at radius 3 is 3.00 bits per heavy atom. The highest BCUT2D eigenvalue weighted by Gasteiger charge is 2.16. The van der Waals surface area contributed by atoms with E-state index in [0.717, 1.165) is 16.5 Å². The predicted molar refractivity (Wildman–Crippen MR) is 83.1 cm³/mol. The van der Waals surface area contributed by atoms with E-state index < -0.39 is 0 Å². The summed E-state index contributed by atoms with van der Waals surface area (Å²) in [5.41, 5.74) is 2.47. The first kappa shape index (κ1) is 14.3. The molecule has 1 unspecified atom stereocenters. The van der Waals surface area contributed by atoms with Crippen molar-refractivity contribution in [1.29, 1.82) is 0 Å². The Bertz CT molecular complexity index is 630. The number of hydrogen-bond acceptors (Lipinski definition) is 2. The van der Waals surface area contributed by atoms with E-state index in [9.17, 15) is 4.79 Å². The van der Waals surface area contributed by atoms with Gasteiger partial charge in [0.15, 0.2) is 0 Å². The van der Waals surface area contributed by atoms with Crippen molar-refractivity contribution in [2.24, 2.45) is 0 Å². The van der Waals surface area contributed by atoms with E-state index in [1.807, 2.05) is 32.0 Å². The molecule has 1 atom stereocenters. The average molecular weight is 342 g/mol. The van der Waals surface area contributed by atoms with E-state index in [4.69, 9.17) is 11.6 Å². The molecule has 1 heterocycles. The van der Waals surface area contributed by atoms with Crippen molar-refractivity contribution < 1.29 is 4.79 Å². The van der Waals surface area contributed by atoms with Crippen LogP contribution in [0.15, 0.2) is 24.4 Å². The van der Waals surface area contributed by atoms with Crippen LogP contribution < -0.4 is 5.32 Å². The van der Waals surface area contributed by atoms with E-state index in [1.54, 1.807) is 6.20 Å². The average Bonchev–Trinajstić information content (AvgIpc) is 2.42. The molecule has 0 aliphatic rings. The highest BCUT2D eigenvalue weighted by molar-refractivity contribution is 9.10. The number of aromatic nitrogens is 1. The monoisotopic (exact) mass is 340 g/mol. The van der Waals surface area contributed by atoms with E-state index in [0.29, 0.717) is 17.1 Å². The number of pyridine rings is 1. The maximum Gasteiger partial charge on any atom is 0.238 e. The minimum absolute atomic E-state index is 0.0987. The highest BCUT2D eigenvalue weighted by atomic mass is 79.9. The van der Waals surface area contributed by atoms with Gasteiger partial charge in [-0.25, -0.2) is 0 Å². The van der Waals surface area contributed by atoms with Crippen LogP contribution in [0.2, 0.25) is 5.02 Å². The van der Waals surface area contributed by atoms with Gasteiger partial charge < -0.3 is 5.32 Å². The van der Waals surface area contributed by atoms with Crippen LogP contribution in [-0.2, 0) is 4.79 Å². The molecule has 100 valence electrons. The summed E-state index contributed by atoms with van der Waals surface area (Å²) in [4.78, 5) is 16.1. The molecule has 2 rings (SSSR count). The number of anilines is 1. The van der Waals surface area contributed by atoms with Gasteiger partial charge in [-0.1, -0.05) is 34.5 Å². The Morgan fingerprint density at radius 1 is 1.58 bits per heavy atom. The van der Waals surface area contributed by atoms with Gasteiger partial charge in [-0.15, -0.1) is 0 Å². The molecular weight excluding hydrogens is 328 g/mol. The van der Waals surface area contributed by atoms with Crippen LogP contribution in [0.25, 0.3) is 10.9 Å². The first-order valence-electron chi connectivity index (χ1n) is 6.03.